The van der Waals surface area contributed by atoms with Crippen molar-refractivity contribution >= 4 is 11.9 Å². The monoisotopic (exact) mass is 419 g/mol. The van der Waals surface area contributed by atoms with Crippen molar-refractivity contribution in [2.75, 3.05) is 57.9 Å². The molecule has 0 unspecified atom stereocenters. The summed E-state index contributed by atoms with van der Waals surface area (Å²) in [5.41, 5.74) is 0.777. The highest BCUT2D eigenvalue weighted by molar-refractivity contribution is 5.76. The molecule has 1 amide bonds. The number of rotatable bonds is 9. The van der Waals surface area contributed by atoms with Crippen LogP contribution in [0.2, 0.25) is 0 Å². The molecule has 1 aromatic heterocycles. The van der Waals surface area contributed by atoms with E-state index in [2.05, 4.69) is 15.3 Å². The normalized spacial score (nSPS) is 15.0. The second kappa shape index (κ2) is 10.6. The number of amides is 1. The van der Waals surface area contributed by atoms with Crippen LogP contribution in [0.15, 0.2) is 4.79 Å². The molecule has 1 aliphatic heterocycles. The van der Waals surface area contributed by atoms with Crippen LogP contribution in [0.3, 0.4) is 0 Å². The van der Waals surface area contributed by atoms with Crippen molar-refractivity contribution < 1.29 is 22.7 Å². The van der Waals surface area contributed by atoms with E-state index in [1.54, 1.807) is 6.92 Å². The van der Waals surface area contributed by atoms with Gasteiger partial charge in [-0.3, -0.25) is 19.5 Å². The van der Waals surface area contributed by atoms with Crippen LogP contribution in [0, 0.1) is 6.92 Å². The third-order valence-electron chi connectivity index (χ3n) is 4.61. The van der Waals surface area contributed by atoms with Crippen LogP contribution < -0.4 is 15.8 Å². The Bertz CT molecular complexity index is 732. The minimum atomic E-state index is -4.23. The molecule has 0 aliphatic carbocycles. The Labute approximate surface area is 167 Å². The molecule has 0 spiro atoms. The van der Waals surface area contributed by atoms with Crippen LogP contribution in [0.1, 0.15) is 24.1 Å². The zero-order chi connectivity index (χ0) is 21.4. The van der Waals surface area contributed by atoms with E-state index in [4.69, 9.17) is 4.74 Å². The summed E-state index contributed by atoms with van der Waals surface area (Å²) in [6.45, 7) is 3.74. The van der Waals surface area contributed by atoms with Crippen molar-refractivity contribution in [1.82, 2.24) is 20.2 Å². The number of aromatic nitrogens is 2. The van der Waals surface area contributed by atoms with Gasteiger partial charge in [0.1, 0.15) is 0 Å². The second-order valence-corrected chi connectivity index (χ2v) is 7.11. The van der Waals surface area contributed by atoms with Crippen molar-refractivity contribution in [2.24, 2.45) is 0 Å². The maximum Gasteiger partial charge on any atom is 0.401 e. The smallest absolute Gasteiger partial charge is 0.378 e. The Morgan fingerprint density at radius 3 is 2.66 bits per heavy atom. The van der Waals surface area contributed by atoms with Gasteiger partial charge in [-0.05, 0) is 33.4 Å². The van der Waals surface area contributed by atoms with Crippen LogP contribution in [-0.4, -0.2) is 79.9 Å². The number of alkyl halides is 3. The largest absolute Gasteiger partial charge is 0.401 e. The van der Waals surface area contributed by atoms with E-state index in [-0.39, 0.29) is 37.4 Å². The van der Waals surface area contributed by atoms with E-state index < -0.39 is 12.7 Å². The number of hydrogen-bond acceptors (Lipinski definition) is 6. The summed E-state index contributed by atoms with van der Waals surface area (Å²) in [5.74, 6) is 0.256. The van der Waals surface area contributed by atoms with E-state index in [0.29, 0.717) is 49.9 Å². The molecule has 2 rings (SSSR count). The minimum absolute atomic E-state index is 0.112. The van der Waals surface area contributed by atoms with Gasteiger partial charge >= 0.3 is 6.18 Å². The second-order valence-electron chi connectivity index (χ2n) is 7.11. The lowest BCUT2D eigenvalue weighted by Crippen LogP contribution is -2.38. The molecule has 0 bridgehead atoms. The number of aromatic amines is 1. The number of aryl methyl sites for hydroxylation is 1. The van der Waals surface area contributed by atoms with Crippen LogP contribution in [-0.2, 0) is 16.0 Å². The Kier molecular flexibility index (Phi) is 8.45. The summed E-state index contributed by atoms with van der Waals surface area (Å²) >= 11 is 0. The maximum atomic E-state index is 12.4. The van der Waals surface area contributed by atoms with E-state index in [1.165, 1.54) is 7.05 Å². The predicted molar refractivity (Wildman–Crippen MR) is 102 cm³/mol. The highest BCUT2D eigenvalue weighted by Crippen LogP contribution is 2.15. The minimum Gasteiger partial charge on any atom is -0.378 e. The highest BCUT2D eigenvalue weighted by atomic mass is 19.4. The van der Waals surface area contributed by atoms with Crippen molar-refractivity contribution in [3.8, 4) is 0 Å². The molecule has 0 atom stereocenters. The van der Waals surface area contributed by atoms with E-state index in [1.807, 2.05) is 4.90 Å². The molecule has 2 heterocycles. The number of halogens is 3. The molecule has 29 heavy (non-hydrogen) atoms. The van der Waals surface area contributed by atoms with Gasteiger partial charge in [0.05, 0.1) is 19.8 Å². The summed E-state index contributed by atoms with van der Waals surface area (Å²) in [6.07, 6.45) is -3.46. The lowest BCUT2D eigenvalue weighted by Gasteiger charge is -2.27. The van der Waals surface area contributed by atoms with Gasteiger partial charge in [0, 0.05) is 37.3 Å². The molecule has 1 saturated heterocycles. The van der Waals surface area contributed by atoms with E-state index in [9.17, 15) is 22.8 Å². The number of nitrogens with one attached hydrogen (secondary N) is 2. The molecule has 2 N–H and O–H groups in total. The van der Waals surface area contributed by atoms with Gasteiger partial charge in [0.15, 0.2) is 0 Å². The average Bonchev–Trinajstić information content (AvgIpc) is 2.63. The first-order chi connectivity index (χ1) is 13.7. The molecule has 11 heteroatoms. The number of nitrogens with zero attached hydrogens (tertiary/aromatic N) is 3. The number of hydrogen-bond donors (Lipinski definition) is 2. The van der Waals surface area contributed by atoms with Crippen molar-refractivity contribution in [2.45, 2.75) is 32.4 Å². The molecular weight excluding hydrogens is 391 g/mol. The number of anilines is 1. The zero-order valence-electron chi connectivity index (χ0n) is 16.8. The Morgan fingerprint density at radius 2 is 2.03 bits per heavy atom. The summed E-state index contributed by atoms with van der Waals surface area (Å²) < 4.78 is 42.0. The summed E-state index contributed by atoms with van der Waals surface area (Å²) in [4.78, 5) is 34.7. The first kappa shape index (κ1) is 23.1. The third kappa shape index (κ3) is 8.01. The van der Waals surface area contributed by atoms with Gasteiger partial charge < -0.3 is 15.0 Å². The predicted octanol–water partition coefficient (Wildman–Crippen LogP) is 0.848. The Hall–Kier alpha value is -2.14. The van der Waals surface area contributed by atoms with Crippen molar-refractivity contribution in [3.63, 3.8) is 0 Å². The quantitative estimate of drug-likeness (QED) is 0.577. The van der Waals surface area contributed by atoms with Crippen LogP contribution in [0.4, 0.5) is 19.1 Å². The highest BCUT2D eigenvalue weighted by Gasteiger charge is 2.28. The van der Waals surface area contributed by atoms with Gasteiger partial charge in [-0.2, -0.15) is 13.2 Å². The number of morpholine rings is 1. The number of ether oxygens (including phenoxy) is 1. The summed E-state index contributed by atoms with van der Waals surface area (Å²) in [7, 11) is 1.39. The molecule has 0 radical (unpaired) electrons. The van der Waals surface area contributed by atoms with Crippen LogP contribution >= 0.6 is 0 Å². The molecule has 8 nitrogen and oxygen atoms in total. The molecule has 164 valence electrons. The van der Waals surface area contributed by atoms with Crippen LogP contribution in [0.25, 0.3) is 0 Å². The van der Waals surface area contributed by atoms with E-state index >= 15 is 0 Å². The van der Waals surface area contributed by atoms with E-state index in [0.717, 1.165) is 4.90 Å². The number of carbonyl (C=O) groups excluding carboxylic acids is 1. The lowest BCUT2D eigenvalue weighted by molar-refractivity contribution is -0.143. The maximum absolute atomic E-state index is 12.4. The first-order valence-corrected chi connectivity index (χ1v) is 9.60. The lowest BCUT2D eigenvalue weighted by atomic mass is 10.1. The van der Waals surface area contributed by atoms with Crippen molar-refractivity contribution in [3.05, 3.63) is 21.6 Å². The van der Waals surface area contributed by atoms with Crippen molar-refractivity contribution in [1.29, 1.82) is 0 Å². The fourth-order valence-corrected chi connectivity index (χ4v) is 3.10. The third-order valence-corrected chi connectivity index (χ3v) is 4.61. The van der Waals surface area contributed by atoms with Gasteiger partial charge in [0.25, 0.3) is 5.56 Å². The fraction of sp³-hybridized carbons (Fsp3) is 0.722. The Balaban J connectivity index is 1.76. The molecular formula is C18H28F3N5O3. The SMILES string of the molecule is Cc1nc(N2CCOCC2)[nH]c(=O)c1CCC(=O)NCCCN(C)CC(F)(F)F. The molecule has 0 saturated carbocycles. The topological polar surface area (TPSA) is 90.6 Å². The number of H-pyrrole nitrogens is 1. The Morgan fingerprint density at radius 1 is 1.34 bits per heavy atom. The fourth-order valence-electron chi connectivity index (χ4n) is 3.10. The molecule has 1 aliphatic rings. The summed E-state index contributed by atoms with van der Waals surface area (Å²) in [5, 5.41) is 2.67. The van der Waals surface area contributed by atoms with Crippen LogP contribution in [0.5, 0.6) is 0 Å². The van der Waals surface area contributed by atoms with Gasteiger partial charge in [0.2, 0.25) is 11.9 Å². The van der Waals surface area contributed by atoms with Gasteiger partial charge in [-0.15, -0.1) is 0 Å². The first-order valence-electron chi connectivity index (χ1n) is 9.60. The molecule has 0 aromatic carbocycles. The number of carbonyl (C=O) groups is 1. The van der Waals surface area contributed by atoms with Gasteiger partial charge in [-0.25, -0.2) is 4.98 Å². The standard InChI is InChI=1S/C18H28F3N5O3/c1-13-14(16(28)24-17(23-13)26-8-10-29-11-9-26)4-5-15(27)22-6-3-7-25(2)12-18(19,20)21/h3-12H2,1-2H3,(H,22,27)(H,23,24,28). The average molecular weight is 419 g/mol. The molecule has 1 aromatic rings. The zero-order valence-corrected chi connectivity index (χ0v) is 16.8. The molecule has 1 fully saturated rings. The van der Waals surface area contributed by atoms with Gasteiger partial charge in [-0.1, -0.05) is 0 Å². The summed E-state index contributed by atoms with van der Waals surface area (Å²) in [6, 6.07) is 0.